The van der Waals surface area contributed by atoms with Crippen LogP contribution in [0.4, 0.5) is 26.3 Å². The fourth-order valence-electron chi connectivity index (χ4n) is 2.88. The first-order chi connectivity index (χ1) is 15.6. The van der Waals surface area contributed by atoms with Crippen molar-refractivity contribution in [2.75, 3.05) is 0 Å². The number of alkyl halides is 3. The Hall–Kier alpha value is -3.48. The number of fused-ring (bicyclic) bond motifs is 1. The molecule has 2 heterocycles. The van der Waals surface area contributed by atoms with Crippen molar-refractivity contribution in [1.29, 1.82) is 0 Å². The van der Waals surface area contributed by atoms with Gasteiger partial charge in [0.25, 0.3) is 5.88 Å². The zero-order valence-electron chi connectivity index (χ0n) is 16.3. The zero-order valence-corrected chi connectivity index (χ0v) is 17.1. The van der Waals surface area contributed by atoms with Crippen LogP contribution in [0, 0.1) is 17.5 Å². The number of aromatic nitrogens is 4. The van der Waals surface area contributed by atoms with Gasteiger partial charge < -0.3 is 4.74 Å². The van der Waals surface area contributed by atoms with Gasteiger partial charge in [-0.15, -0.1) is 10.2 Å². The van der Waals surface area contributed by atoms with E-state index in [1.54, 1.807) is 0 Å². The first-order valence-electron chi connectivity index (χ1n) is 9.14. The van der Waals surface area contributed by atoms with Crippen molar-refractivity contribution in [3.05, 3.63) is 82.9 Å². The zero-order chi connectivity index (χ0) is 23.8. The van der Waals surface area contributed by atoms with Gasteiger partial charge in [-0.2, -0.15) is 13.2 Å². The second-order valence-corrected chi connectivity index (χ2v) is 8.06. The summed E-state index contributed by atoms with van der Waals surface area (Å²) in [5.41, 5.74) is -0.641. The van der Waals surface area contributed by atoms with Crippen LogP contribution in [0.1, 0.15) is 16.7 Å². The maximum atomic E-state index is 13.8. The van der Waals surface area contributed by atoms with E-state index in [4.69, 9.17) is 4.74 Å². The Morgan fingerprint density at radius 3 is 2.39 bits per heavy atom. The Morgan fingerprint density at radius 1 is 0.970 bits per heavy atom. The van der Waals surface area contributed by atoms with Crippen molar-refractivity contribution in [3.8, 4) is 5.88 Å². The smallest absolute Gasteiger partial charge is 0.416 e. The van der Waals surface area contributed by atoms with E-state index in [0.29, 0.717) is 5.56 Å². The Morgan fingerprint density at radius 2 is 1.70 bits per heavy atom. The van der Waals surface area contributed by atoms with Crippen molar-refractivity contribution in [3.63, 3.8) is 0 Å². The van der Waals surface area contributed by atoms with Gasteiger partial charge in [0.15, 0.2) is 17.5 Å². The third-order valence-corrected chi connectivity index (χ3v) is 5.81. The fourth-order valence-corrected chi connectivity index (χ4v) is 4.00. The average molecular weight is 486 g/mol. The molecule has 1 unspecified atom stereocenters. The number of hydrogen-bond donors (Lipinski definition) is 0. The highest BCUT2D eigenvalue weighted by Gasteiger charge is 2.30. The summed E-state index contributed by atoms with van der Waals surface area (Å²) in [7, 11) is -1.81. The van der Waals surface area contributed by atoms with Crippen molar-refractivity contribution >= 4 is 16.4 Å². The molecule has 0 spiro atoms. The van der Waals surface area contributed by atoms with Crippen LogP contribution >= 0.6 is 0 Å². The summed E-state index contributed by atoms with van der Waals surface area (Å²) in [6.07, 6.45) is -1.73. The van der Waals surface area contributed by atoms with Crippen LogP contribution in [-0.2, 0) is 29.3 Å². The molecule has 4 aromatic rings. The lowest BCUT2D eigenvalue weighted by Gasteiger charge is -2.10. The highest BCUT2D eigenvalue weighted by Crippen LogP contribution is 2.29. The molecule has 0 radical (unpaired) electrons. The summed E-state index contributed by atoms with van der Waals surface area (Å²) in [4.78, 5) is 4.02. The molecule has 2 aromatic carbocycles. The van der Waals surface area contributed by atoms with E-state index in [1.807, 2.05) is 0 Å². The molecule has 0 amide bonds. The summed E-state index contributed by atoms with van der Waals surface area (Å²) in [6, 6.07) is 5.97. The Kier molecular flexibility index (Phi) is 6.06. The SMILES string of the molecule is O=S(Cc1ccc(C(F)(F)F)cc1)c1nnc(OCc2ccc(F)c(F)c2F)c2nccn12. The second kappa shape index (κ2) is 8.81. The largest absolute Gasteiger partial charge is 0.469 e. The molecular formula is C20H12F6N4O2S. The van der Waals surface area contributed by atoms with Crippen LogP contribution in [0.3, 0.4) is 0 Å². The van der Waals surface area contributed by atoms with Crippen molar-refractivity contribution in [2.24, 2.45) is 0 Å². The topological polar surface area (TPSA) is 69.4 Å². The monoisotopic (exact) mass is 486 g/mol. The van der Waals surface area contributed by atoms with E-state index < -0.39 is 46.6 Å². The van der Waals surface area contributed by atoms with Gasteiger partial charge in [0.1, 0.15) is 6.61 Å². The highest BCUT2D eigenvalue weighted by molar-refractivity contribution is 7.84. The molecule has 0 saturated heterocycles. The van der Waals surface area contributed by atoms with E-state index >= 15 is 0 Å². The fraction of sp³-hybridized carbons (Fsp3) is 0.150. The van der Waals surface area contributed by atoms with Gasteiger partial charge in [0, 0.05) is 18.0 Å². The molecule has 33 heavy (non-hydrogen) atoms. The normalized spacial score (nSPS) is 12.8. The number of benzene rings is 2. The third-order valence-electron chi connectivity index (χ3n) is 4.53. The predicted octanol–water partition coefficient (Wildman–Crippen LogP) is 4.45. The van der Waals surface area contributed by atoms with Crippen LogP contribution in [0.25, 0.3) is 5.65 Å². The molecule has 0 bridgehead atoms. The van der Waals surface area contributed by atoms with E-state index in [1.165, 1.54) is 28.9 Å². The van der Waals surface area contributed by atoms with Crippen molar-refractivity contribution < 1.29 is 35.3 Å². The molecule has 0 aliphatic rings. The molecule has 0 N–H and O–H groups in total. The van der Waals surface area contributed by atoms with Gasteiger partial charge >= 0.3 is 6.18 Å². The van der Waals surface area contributed by atoms with Gasteiger partial charge in [-0.1, -0.05) is 12.1 Å². The third kappa shape index (κ3) is 4.67. The van der Waals surface area contributed by atoms with Crippen LogP contribution < -0.4 is 4.74 Å². The Labute approximate surface area is 184 Å². The summed E-state index contributed by atoms with van der Waals surface area (Å²) < 4.78 is 97.8. The van der Waals surface area contributed by atoms with Crippen LogP contribution in [0.15, 0.2) is 53.9 Å². The van der Waals surface area contributed by atoms with Gasteiger partial charge in [-0.25, -0.2) is 18.2 Å². The maximum absolute atomic E-state index is 13.8. The first kappa shape index (κ1) is 22.7. The van der Waals surface area contributed by atoms with E-state index in [-0.39, 0.29) is 28.0 Å². The van der Waals surface area contributed by atoms with Crippen LogP contribution in [-0.4, -0.2) is 23.8 Å². The van der Waals surface area contributed by atoms with Crippen molar-refractivity contribution in [2.45, 2.75) is 23.7 Å². The summed E-state index contributed by atoms with van der Waals surface area (Å²) in [5, 5.41) is 7.58. The van der Waals surface area contributed by atoms with Crippen LogP contribution in [0.2, 0.25) is 0 Å². The van der Waals surface area contributed by atoms with Gasteiger partial charge in [0.2, 0.25) is 10.8 Å². The van der Waals surface area contributed by atoms with Gasteiger partial charge in [0.05, 0.1) is 22.1 Å². The lowest BCUT2D eigenvalue weighted by molar-refractivity contribution is -0.137. The van der Waals surface area contributed by atoms with Crippen molar-refractivity contribution in [1.82, 2.24) is 19.6 Å². The van der Waals surface area contributed by atoms with Crippen LogP contribution in [0.5, 0.6) is 5.88 Å². The maximum Gasteiger partial charge on any atom is 0.416 e. The minimum absolute atomic E-state index is 0.0474. The number of halogens is 6. The lowest BCUT2D eigenvalue weighted by Crippen LogP contribution is -2.11. The number of rotatable bonds is 6. The van der Waals surface area contributed by atoms with E-state index in [2.05, 4.69) is 15.2 Å². The summed E-state index contributed by atoms with van der Waals surface area (Å²) in [6.45, 7) is -0.506. The number of ether oxygens (including phenoxy) is 1. The standard InChI is InChI=1S/C20H12F6N4O2S/c21-14-6-3-12(15(22)16(14)23)9-32-18-17-27-7-8-30(17)19(29-28-18)33(31)10-11-1-4-13(5-2-11)20(24,25)26/h1-8H,9-10H2. The molecule has 172 valence electrons. The average Bonchev–Trinajstić information content (AvgIpc) is 3.27. The second-order valence-electron chi connectivity index (χ2n) is 6.72. The molecule has 0 aliphatic heterocycles. The molecule has 6 nitrogen and oxygen atoms in total. The van der Waals surface area contributed by atoms with Gasteiger partial charge in [-0.05, 0) is 29.8 Å². The number of hydrogen-bond acceptors (Lipinski definition) is 5. The predicted molar refractivity (Wildman–Crippen MR) is 103 cm³/mol. The summed E-state index contributed by atoms with van der Waals surface area (Å²) in [5.74, 6) is -4.70. The van der Waals surface area contributed by atoms with E-state index in [0.717, 1.165) is 24.3 Å². The Bertz CT molecular complexity index is 1340. The van der Waals surface area contributed by atoms with Gasteiger partial charge in [-0.3, -0.25) is 8.61 Å². The molecule has 0 aliphatic carbocycles. The highest BCUT2D eigenvalue weighted by atomic mass is 32.2. The Balaban J connectivity index is 1.54. The summed E-state index contributed by atoms with van der Waals surface area (Å²) >= 11 is 0. The molecule has 13 heteroatoms. The number of nitrogens with zero attached hydrogens (tertiary/aromatic N) is 4. The first-order valence-corrected chi connectivity index (χ1v) is 10.5. The van der Waals surface area contributed by atoms with E-state index in [9.17, 15) is 30.6 Å². The molecule has 0 fully saturated rings. The molecule has 1 atom stereocenters. The minimum atomic E-state index is -4.48. The minimum Gasteiger partial charge on any atom is -0.469 e. The molecule has 4 rings (SSSR count). The lowest BCUT2D eigenvalue weighted by atomic mass is 10.1. The molecule has 2 aromatic heterocycles. The molecular weight excluding hydrogens is 474 g/mol. The molecule has 0 saturated carbocycles. The number of imidazole rings is 1. The quantitative estimate of drug-likeness (QED) is 0.298.